The van der Waals surface area contributed by atoms with Gasteiger partial charge in [-0.1, -0.05) is 170 Å². The number of nitrogens with zero attached hydrogens (tertiary/aromatic N) is 2. The Balaban J connectivity index is 1.08. The van der Waals surface area contributed by atoms with Gasteiger partial charge in [-0.3, -0.25) is 4.99 Å². The van der Waals surface area contributed by atoms with Crippen molar-refractivity contribution in [1.29, 1.82) is 0 Å². The molecule has 260 valence electrons. The van der Waals surface area contributed by atoms with Gasteiger partial charge in [0.15, 0.2) is 0 Å². The van der Waals surface area contributed by atoms with E-state index in [4.69, 9.17) is 9.98 Å². The molecule has 0 aliphatic heterocycles. The highest BCUT2D eigenvalue weighted by molar-refractivity contribution is 6.17. The van der Waals surface area contributed by atoms with E-state index in [0.717, 1.165) is 55.3 Å². The summed E-state index contributed by atoms with van der Waals surface area (Å²) in [5.41, 5.74) is 9.74. The molecule has 1 aromatic heterocycles. The highest BCUT2D eigenvalue weighted by Crippen LogP contribution is 2.41. The minimum Gasteiger partial charge on any atom is -0.256 e. The molecule has 0 saturated heterocycles. The molecule has 0 aliphatic rings. The fraction of sp³-hybridized carbons (Fsp3) is 0. The highest BCUT2D eigenvalue weighted by Gasteiger charge is 2.17. The smallest absolute Gasteiger partial charge is 0.0794 e. The van der Waals surface area contributed by atoms with Gasteiger partial charge in [0.2, 0.25) is 0 Å². The van der Waals surface area contributed by atoms with Gasteiger partial charge in [0.05, 0.1) is 16.9 Å². The Kier molecular flexibility index (Phi) is 7.53. The van der Waals surface area contributed by atoms with Crippen LogP contribution in [0, 0.1) is 0 Å². The van der Waals surface area contributed by atoms with Gasteiger partial charge >= 0.3 is 0 Å². The van der Waals surface area contributed by atoms with Crippen LogP contribution in [-0.2, 0) is 0 Å². The molecular formula is C54H34N2. The summed E-state index contributed by atoms with van der Waals surface area (Å²) >= 11 is 0. The quantitative estimate of drug-likeness (QED) is 0.129. The lowest BCUT2D eigenvalue weighted by Crippen LogP contribution is -1.94. The summed E-state index contributed by atoms with van der Waals surface area (Å²) in [7, 11) is 0. The topological polar surface area (TPSA) is 25.2 Å². The average Bonchev–Trinajstić information content (AvgIpc) is 3.27. The van der Waals surface area contributed by atoms with Gasteiger partial charge in [0, 0.05) is 27.9 Å². The lowest BCUT2D eigenvalue weighted by atomic mass is 9.90. The summed E-state index contributed by atoms with van der Waals surface area (Å²) < 4.78 is 0. The van der Waals surface area contributed by atoms with Gasteiger partial charge in [-0.15, -0.1) is 0 Å². The molecule has 0 radical (unpaired) electrons. The maximum Gasteiger partial charge on any atom is 0.0794 e. The molecule has 2 heteroatoms. The first-order chi connectivity index (χ1) is 27.7. The zero-order chi connectivity index (χ0) is 37.0. The number of hydrogen-bond donors (Lipinski definition) is 0. The first kappa shape index (κ1) is 32.0. The third-order valence-corrected chi connectivity index (χ3v) is 11.2. The molecule has 1 heterocycles. The second-order valence-electron chi connectivity index (χ2n) is 14.6. The molecule has 10 aromatic carbocycles. The van der Waals surface area contributed by atoms with E-state index in [9.17, 15) is 0 Å². The van der Waals surface area contributed by atoms with Crippen molar-refractivity contribution in [3.8, 4) is 33.5 Å². The molecule has 0 unspecified atom stereocenters. The monoisotopic (exact) mass is 710 g/mol. The molecule has 56 heavy (non-hydrogen) atoms. The molecule has 0 spiro atoms. The lowest BCUT2D eigenvalue weighted by Gasteiger charge is -2.16. The van der Waals surface area contributed by atoms with Crippen LogP contribution in [0.1, 0.15) is 5.56 Å². The van der Waals surface area contributed by atoms with Crippen molar-refractivity contribution in [2.24, 2.45) is 4.99 Å². The van der Waals surface area contributed by atoms with Crippen LogP contribution in [0.4, 0.5) is 5.69 Å². The summed E-state index contributed by atoms with van der Waals surface area (Å²) in [6, 6.07) is 72.0. The molecule has 0 aliphatic carbocycles. The fourth-order valence-corrected chi connectivity index (χ4v) is 8.42. The van der Waals surface area contributed by atoms with Crippen LogP contribution in [0.2, 0.25) is 0 Å². The Labute approximate surface area is 324 Å². The predicted molar refractivity (Wildman–Crippen MR) is 239 cm³/mol. The molecule has 0 bridgehead atoms. The third-order valence-electron chi connectivity index (χ3n) is 11.2. The van der Waals surface area contributed by atoms with Crippen LogP contribution in [0.3, 0.4) is 0 Å². The van der Waals surface area contributed by atoms with Gasteiger partial charge in [-0.25, -0.2) is 4.98 Å². The first-order valence-corrected chi connectivity index (χ1v) is 19.1. The van der Waals surface area contributed by atoms with Gasteiger partial charge in [-0.2, -0.15) is 0 Å². The summed E-state index contributed by atoms with van der Waals surface area (Å²) in [5, 5.41) is 13.2. The highest BCUT2D eigenvalue weighted by atomic mass is 14.7. The number of hydrogen-bond acceptors (Lipinski definition) is 2. The Morgan fingerprint density at radius 3 is 1.61 bits per heavy atom. The third kappa shape index (κ3) is 5.51. The van der Waals surface area contributed by atoms with Crippen LogP contribution in [-0.4, -0.2) is 11.2 Å². The Morgan fingerprint density at radius 1 is 0.339 bits per heavy atom. The van der Waals surface area contributed by atoms with E-state index in [0.29, 0.717) is 0 Å². The maximum absolute atomic E-state index is 5.46. The summed E-state index contributed by atoms with van der Waals surface area (Å²) in [6.45, 7) is 0. The number of pyridine rings is 1. The molecule has 2 nitrogen and oxygen atoms in total. The van der Waals surface area contributed by atoms with Crippen molar-refractivity contribution in [1.82, 2.24) is 4.98 Å². The maximum atomic E-state index is 5.46. The minimum absolute atomic E-state index is 0.954. The van der Waals surface area contributed by atoms with E-state index < -0.39 is 0 Å². The minimum atomic E-state index is 0.954. The van der Waals surface area contributed by atoms with E-state index in [1.807, 2.05) is 6.21 Å². The Morgan fingerprint density at radius 2 is 0.875 bits per heavy atom. The number of rotatable bonds is 5. The molecule has 0 atom stereocenters. The molecular weight excluding hydrogens is 677 g/mol. The summed E-state index contributed by atoms with van der Waals surface area (Å²) in [6.07, 6.45) is 1.98. The molecule has 11 rings (SSSR count). The van der Waals surface area contributed by atoms with Crippen LogP contribution in [0.25, 0.3) is 98.3 Å². The zero-order valence-electron chi connectivity index (χ0n) is 30.5. The second kappa shape index (κ2) is 13.2. The van der Waals surface area contributed by atoms with Crippen molar-refractivity contribution in [3.63, 3.8) is 0 Å². The van der Waals surface area contributed by atoms with Crippen molar-refractivity contribution < 1.29 is 0 Å². The first-order valence-electron chi connectivity index (χ1n) is 19.1. The van der Waals surface area contributed by atoms with Crippen LogP contribution >= 0.6 is 0 Å². The summed E-state index contributed by atoms with van der Waals surface area (Å²) in [5.74, 6) is 0. The summed E-state index contributed by atoms with van der Waals surface area (Å²) in [4.78, 5) is 10.5. The van der Waals surface area contributed by atoms with Gasteiger partial charge < -0.3 is 0 Å². The lowest BCUT2D eigenvalue weighted by molar-refractivity contribution is 1.41. The fourth-order valence-electron chi connectivity index (χ4n) is 8.42. The SMILES string of the molecule is C(=Nc1cc2ccccc2c2ccccc12)c1ccc(-c2cc(-c3ccc4ccccc4c3)nc3c2cc(-c2ccc4ccccc4c2)c2ccccc23)cc1. The van der Waals surface area contributed by atoms with E-state index in [1.165, 1.54) is 54.2 Å². The van der Waals surface area contributed by atoms with Crippen molar-refractivity contribution in [3.05, 3.63) is 206 Å². The van der Waals surface area contributed by atoms with Gasteiger partial charge in [-0.05, 0) is 101 Å². The molecule has 11 aromatic rings. The van der Waals surface area contributed by atoms with Gasteiger partial charge in [0.1, 0.15) is 0 Å². The van der Waals surface area contributed by atoms with Crippen molar-refractivity contribution in [2.75, 3.05) is 0 Å². The van der Waals surface area contributed by atoms with E-state index in [1.54, 1.807) is 0 Å². The average molecular weight is 711 g/mol. The molecule has 0 N–H and O–H groups in total. The largest absolute Gasteiger partial charge is 0.256 e. The normalized spacial score (nSPS) is 11.9. The van der Waals surface area contributed by atoms with Crippen molar-refractivity contribution in [2.45, 2.75) is 0 Å². The van der Waals surface area contributed by atoms with E-state index in [-0.39, 0.29) is 0 Å². The van der Waals surface area contributed by atoms with E-state index in [2.05, 4.69) is 200 Å². The Hall–Kier alpha value is -7.42. The van der Waals surface area contributed by atoms with Gasteiger partial charge in [0.25, 0.3) is 0 Å². The van der Waals surface area contributed by atoms with Crippen LogP contribution < -0.4 is 0 Å². The number of aliphatic imine (C=N–C) groups is 1. The second-order valence-corrected chi connectivity index (χ2v) is 14.6. The van der Waals surface area contributed by atoms with Crippen LogP contribution in [0.15, 0.2) is 205 Å². The number of fused-ring (bicyclic) bond motifs is 8. The van der Waals surface area contributed by atoms with Crippen LogP contribution in [0.5, 0.6) is 0 Å². The van der Waals surface area contributed by atoms with Crippen molar-refractivity contribution >= 4 is 76.7 Å². The molecule has 0 amide bonds. The predicted octanol–water partition coefficient (Wildman–Crippen LogP) is 14.8. The van der Waals surface area contributed by atoms with E-state index >= 15 is 0 Å². The number of aromatic nitrogens is 1. The molecule has 0 saturated carbocycles. The Bertz CT molecular complexity index is 3360. The zero-order valence-corrected chi connectivity index (χ0v) is 30.5. The number of benzene rings is 10. The standard InChI is InChI=1S/C54H34N2/c1-3-13-39-29-42(27-25-36(39)11-1)49-32-51-50(33-52(56-54(51)48-20-10-8-18-46(48)49)43-28-26-37-12-2-4-14-40(37)30-43)38-23-21-35(22-24-38)34-55-53-31-41-15-5-6-16-44(41)45-17-7-9-19-47(45)53/h1-34H. The molecule has 0 fully saturated rings.